The molecule has 3 aromatic carbocycles. The van der Waals surface area contributed by atoms with Crippen molar-refractivity contribution in [2.24, 2.45) is 0 Å². The summed E-state index contributed by atoms with van der Waals surface area (Å²) in [6, 6.07) is 26.1. The van der Waals surface area contributed by atoms with Crippen molar-refractivity contribution >= 4 is 35.1 Å². The van der Waals surface area contributed by atoms with Crippen molar-refractivity contribution in [3.63, 3.8) is 0 Å². The first-order chi connectivity index (χ1) is 18.4. The van der Waals surface area contributed by atoms with Gasteiger partial charge in [-0.2, -0.15) is 0 Å². The molecule has 3 unspecified atom stereocenters. The van der Waals surface area contributed by atoms with Crippen molar-refractivity contribution in [3.8, 4) is 11.1 Å². The van der Waals surface area contributed by atoms with E-state index >= 15 is 0 Å². The van der Waals surface area contributed by atoms with Gasteiger partial charge >= 0.3 is 5.97 Å². The highest BCUT2D eigenvalue weighted by Crippen LogP contribution is 2.43. The Bertz CT molecular complexity index is 1370. The minimum absolute atomic E-state index is 0.0615. The average molecular weight is 548 g/mol. The van der Waals surface area contributed by atoms with E-state index in [1.807, 2.05) is 61.5 Å². The number of rotatable bonds is 8. The van der Waals surface area contributed by atoms with Crippen LogP contribution in [-0.4, -0.2) is 39.7 Å². The molecule has 2 aliphatic heterocycles. The Morgan fingerprint density at radius 1 is 1.11 bits per heavy atom. The molecule has 1 fully saturated rings. The lowest BCUT2D eigenvalue weighted by atomic mass is 9.87. The van der Waals surface area contributed by atoms with E-state index in [1.54, 1.807) is 24.9 Å². The zero-order chi connectivity index (χ0) is 26.7. The molecule has 0 saturated carbocycles. The van der Waals surface area contributed by atoms with Gasteiger partial charge in [-0.05, 0) is 48.2 Å². The predicted molar refractivity (Wildman–Crippen MR) is 152 cm³/mol. The summed E-state index contributed by atoms with van der Waals surface area (Å²) in [5.41, 5.74) is 3.24. The monoisotopic (exact) mass is 547 g/mol. The summed E-state index contributed by atoms with van der Waals surface area (Å²) in [5.74, 6) is -0.853. The van der Waals surface area contributed by atoms with E-state index in [1.165, 1.54) is 0 Å². The van der Waals surface area contributed by atoms with Crippen LogP contribution in [0.5, 0.6) is 0 Å². The second-order valence-electron chi connectivity index (χ2n) is 9.51. The molecule has 1 saturated heterocycles. The van der Waals surface area contributed by atoms with Gasteiger partial charge in [0, 0.05) is 24.3 Å². The van der Waals surface area contributed by atoms with Gasteiger partial charge in [-0.25, -0.2) is 4.79 Å². The molecular weight excluding hydrogens is 518 g/mol. The summed E-state index contributed by atoms with van der Waals surface area (Å²) >= 11 is 7.78. The second kappa shape index (κ2) is 11.3. The smallest absolute Gasteiger partial charge is 0.343 e. The van der Waals surface area contributed by atoms with Crippen molar-refractivity contribution in [3.05, 3.63) is 107 Å². The highest BCUT2D eigenvalue weighted by molar-refractivity contribution is 8.00. The topological polar surface area (TPSA) is 70.7 Å². The number of hydrogen-bond acceptors (Lipinski definition) is 7. The number of ketones is 1. The molecular formula is C30H30ClN3O3S. The molecule has 196 valence electrons. The van der Waals surface area contributed by atoms with Gasteiger partial charge in [0.15, 0.2) is 5.78 Å². The third kappa shape index (κ3) is 5.38. The molecule has 2 N–H and O–H groups in total. The number of Topliss-reactive ketones (excluding diaryl/α,β-unsaturated/α-hetero) is 1. The molecule has 0 bridgehead atoms. The van der Waals surface area contributed by atoms with Crippen molar-refractivity contribution in [1.82, 2.24) is 15.5 Å². The highest BCUT2D eigenvalue weighted by atomic mass is 35.5. The van der Waals surface area contributed by atoms with Crippen LogP contribution < -0.4 is 10.6 Å². The zero-order valence-corrected chi connectivity index (χ0v) is 22.9. The van der Waals surface area contributed by atoms with Crippen LogP contribution in [0.4, 0.5) is 0 Å². The lowest BCUT2D eigenvalue weighted by Gasteiger charge is -2.41. The largest absolute Gasteiger partial charge is 0.462 e. The fourth-order valence-corrected chi connectivity index (χ4v) is 6.70. The number of thioether (sulfide) groups is 1. The molecule has 3 aromatic rings. The lowest BCUT2D eigenvalue weighted by molar-refractivity contribution is -0.141. The normalized spacial score (nSPS) is 22.7. The Morgan fingerprint density at radius 2 is 1.87 bits per heavy atom. The van der Waals surface area contributed by atoms with Crippen LogP contribution in [-0.2, 0) is 27.4 Å². The molecule has 3 atom stereocenters. The molecule has 5 rings (SSSR count). The molecule has 0 radical (unpaired) electrons. The van der Waals surface area contributed by atoms with E-state index in [4.69, 9.17) is 16.3 Å². The Hall–Kier alpha value is -3.10. The van der Waals surface area contributed by atoms with Crippen LogP contribution in [0.25, 0.3) is 11.1 Å². The number of nitrogens with zero attached hydrogens (tertiary/aromatic N) is 1. The van der Waals surface area contributed by atoms with Gasteiger partial charge in [-0.15, -0.1) is 11.8 Å². The Balaban J connectivity index is 1.45. The van der Waals surface area contributed by atoms with Gasteiger partial charge in [0.1, 0.15) is 22.0 Å². The van der Waals surface area contributed by atoms with Crippen LogP contribution in [0.3, 0.4) is 0 Å². The summed E-state index contributed by atoms with van der Waals surface area (Å²) in [7, 11) is 0. The number of carbonyl (C=O) groups is 2. The Labute approximate surface area is 232 Å². The summed E-state index contributed by atoms with van der Waals surface area (Å²) in [5, 5.41) is 7.40. The molecule has 6 nitrogen and oxygen atoms in total. The van der Waals surface area contributed by atoms with E-state index < -0.39 is 11.5 Å². The van der Waals surface area contributed by atoms with Crippen LogP contribution in [0.1, 0.15) is 25.0 Å². The fourth-order valence-electron chi connectivity index (χ4n) is 5.00. The van der Waals surface area contributed by atoms with E-state index in [9.17, 15) is 9.59 Å². The molecule has 2 aliphatic rings. The minimum Gasteiger partial charge on any atom is -0.462 e. The number of fused-ring (bicyclic) bond motifs is 1. The molecule has 2 heterocycles. The first kappa shape index (κ1) is 26.5. The minimum atomic E-state index is -0.991. The third-order valence-electron chi connectivity index (χ3n) is 6.83. The molecule has 0 aromatic heterocycles. The fraction of sp³-hybridized carbons (Fsp3) is 0.267. The standard InChI is InChI=1S/C30H30ClN3O3S/c1-3-37-27(36)25-19-34(18-22-13-7-8-15-24(22)21-11-5-4-6-12-21)28-30(2,26(25)35)33-29(38-28)32-17-20-10-9-14-23(31)16-20/h4-16,19,28-29,32-33H,3,17-18H2,1-2H3. The molecule has 38 heavy (non-hydrogen) atoms. The summed E-state index contributed by atoms with van der Waals surface area (Å²) in [6.07, 6.45) is 1.68. The number of carbonyl (C=O) groups excluding carboxylic acids is 2. The van der Waals surface area contributed by atoms with E-state index in [-0.39, 0.29) is 28.8 Å². The van der Waals surface area contributed by atoms with Crippen molar-refractivity contribution < 1.29 is 14.3 Å². The van der Waals surface area contributed by atoms with Crippen LogP contribution in [0, 0.1) is 0 Å². The number of benzene rings is 3. The quantitative estimate of drug-likeness (QED) is 0.291. The number of hydrogen-bond donors (Lipinski definition) is 2. The molecule has 0 amide bonds. The SMILES string of the molecule is CCOC(=O)C1=CN(Cc2ccccc2-c2ccccc2)C2SC(NCc3cccc(Cl)c3)NC2(C)C1=O. The van der Waals surface area contributed by atoms with E-state index in [0.29, 0.717) is 18.1 Å². The van der Waals surface area contributed by atoms with Gasteiger partial charge < -0.3 is 9.64 Å². The molecule has 8 heteroatoms. The number of esters is 1. The Morgan fingerprint density at radius 3 is 2.63 bits per heavy atom. The average Bonchev–Trinajstić information content (AvgIpc) is 3.28. The van der Waals surface area contributed by atoms with Crippen molar-refractivity contribution in [2.75, 3.05) is 6.61 Å². The van der Waals surface area contributed by atoms with Crippen LogP contribution in [0.15, 0.2) is 90.6 Å². The first-order valence-electron chi connectivity index (χ1n) is 12.6. The zero-order valence-electron chi connectivity index (χ0n) is 21.3. The van der Waals surface area contributed by atoms with Crippen molar-refractivity contribution in [2.45, 2.75) is 43.3 Å². The number of halogens is 1. The van der Waals surface area contributed by atoms with Crippen LogP contribution >= 0.6 is 23.4 Å². The summed E-state index contributed by atoms with van der Waals surface area (Å²) in [6.45, 7) is 4.92. The van der Waals surface area contributed by atoms with Gasteiger partial charge in [0.2, 0.25) is 0 Å². The van der Waals surface area contributed by atoms with Gasteiger partial charge in [0.25, 0.3) is 0 Å². The first-order valence-corrected chi connectivity index (χ1v) is 13.9. The second-order valence-corrected chi connectivity index (χ2v) is 11.1. The highest BCUT2D eigenvalue weighted by Gasteiger charge is 2.56. The Kier molecular flexibility index (Phi) is 7.91. The van der Waals surface area contributed by atoms with E-state index in [2.05, 4.69) is 39.8 Å². The summed E-state index contributed by atoms with van der Waals surface area (Å²) < 4.78 is 5.26. The lowest BCUT2D eigenvalue weighted by Crippen LogP contribution is -2.61. The maximum atomic E-state index is 13.7. The van der Waals surface area contributed by atoms with Crippen molar-refractivity contribution in [1.29, 1.82) is 0 Å². The predicted octanol–water partition coefficient (Wildman–Crippen LogP) is 5.33. The van der Waals surface area contributed by atoms with Gasteiger partial charge in [-0.1, -0.05) is 78.3 Å². The number of nitrogens with one attached hydrogen (secondary N) is 2. The number of ether oxygens (including phenoxy) is 1. The van der Waals surface area contributed by atoms with Gasteiger partial charge in [-0.3, -0.25) is 15.4 Å². The summed E-state index contributed by atoms with van der Waals surface area (Å²) in [4.78, 5) is 28.6. The van der Waals surface area contributed by atoms with E-state index in [0.717, 1.165) is 22.3 Å². The maximum Gasteiger partial charge on any atom is 0.343 e. The molecule has 0 aliphatic carbocycles. The van der Waals surface area contributed by atoms with Gasteiger partial charge in [0.05, 0.1) is 6.61 Å². The molecule has 0 spiro atoms. The van der Waals surface area contributed by atoms with Crippen LogP contribution in [0.2, 0.25) is 5.02 Å². The maximum absolute atomic E-state index is 13.7. The third-order valence-corrected chi connectivity index (χ3v) is 8.63.